The summed E-state index contributed by atoms with van der Waals surface area (Å²) in [5, 5.41) is 4.94. The maximum atomic E-state index is 13.4. The molecule has 1 unspecified atom stereocenters. The van der Waals surface area contributed by atoms with Gasteiger partial charge in [-0.3, -0.25) is 9.59 Å². The van der Waals surface area contributed by atoms with Gasteiger partial charge < -0.3 is 15.0 Å². The minimum absolute atomic E-state index is 0.113. The van der Waals surface area contributed by atoms with E-state index < -0.39 is 6.04 Å². The Balaban J connectivity index is 1.84. The highest BCUT2D eigenvalue weighted by molar-refractivity contribution is 7.10. The van der Waals surface area contributed by atoms with Gasteiger partial charge in [0.05, 0.1) is 13.5 Å². The predicted molar refractivity (Wildman–Crippen MR) is 129 cm³/mol. The Hall–Kier alpha value is -3.38. The Morgan fingerprint density at radius 3 is 2.44 bits per heavy atom. The standard InChI is InChI=1S/C26H28N2O3S/c1-4-15-28(24(29)17-23-6-5-16-32-23)25(21-11-7-19(2)8-12-21)26(30)27-18-20-9-13-22(31-3)14-10-20/h4-14,16,25H,1,15,17-18H2,2-3H3,(H,27,30). The van der Waals surface area contributed by atoms with Crippen molar-refractivity contribution in [1.29, 1.82) is 0 Å². The molecule has 1 aromatic heterocycles. The highest BCUT2D eigenvalue weighted by Crippen LogP contribution is 2.24. The first-order valence-electron chi connectivity index (χ1n) is 10.4. The van der Waals surface area contributed by atoms with Crippen molar-refractivity contribution < 1.29 is 14.3 Å². The van der Waals surface area contributed by atoms with Gasteiger partial charge in [0, 0.05) is 18.0 Å². The summed E-state index contributed by atoms with van der Waals surface area (Å²) in [6, 6.07) is 18.3. The molecule has 1 N–H and O–H groups in total. The fourth-order valence-electron chi connectivity index (χ4n) is 3.40. The Morgan fingerprint density at radius 1 is 1.12 bits per heavy atom. The molecule has 5 nitrogen and oxygen atoms in total. The Bertz CT molecular complexity index is 1030. The van der Waals surface area contributed by atoms with Gasteiger partial charge in [-0.1, -0.05) is 54.1 Å². The van der Waals surface area contributed by atoms with Crippen molar-refractivity contribution in [3.05, 3.63) is 100 Å². The van der Waals surface area contributed by atoms with Crippen LogP contribution in [0.25, 0.3) is 0 Å². The quantitative estimate of drug-likeness (QED) is 0.458. The molecule has 0 aliphatic rings. The van der Waals surface area contributed by atoms with E-state index in [0.29, 0.717) is 6.54 Å². The van der Waals surface area contributed by atoms with Gasteiger partial charge in [0.2, 0.25) is 11.8 Å². The van der Waals surface area contributed by atoms with Crippen LogP contribution in [0.4, 0.5) is 0 Å². The van der Waals surface area contributed by atoms with Gasteiger partial charge in [-0.25, -0.2) is 0 Å². The van der Waals surface area contributed by atoms with Crippen molar-refractivity contribution in [1.82, 2.24) is 10.2 Å². The molecule has 0 bridgehead atoms. The Kier molecular flexibility index (Phi) is 8.22. The number of nitrogens with one attached hydrogen (secondary N) is 1. The van der Waals surface area contributed by atoms with Crippen molar-refractivity contribution in [2.75, 3.05) is 13.7 Å². The molecule has 0 saturated carbocycles. The van der Waals surface area contributed by atoms with Crippen LogP contribution in [0.5, 0.6) is 5.75 Å². The highest BCUT2D eigenvalue weighted by Gasteiger charge is 2.30. The van der Waals surface area contributed by atoms with E-state index in [1.807, 2.05) is 73.0 Å². The molecule has 0 saturated heterocycles. The van der Waals surface area contributed by atoms with Crippen LogP contribution in [-0.2, 0) is 22.6 Å². The number of hydrogen-bond acceptors (Lipinski definition) is 4. The van der Waals surface area contributed by atoms with Crippen molar-refractivity contribution in [2.24, 2.45) is 0 Å². The molecule has 1 heterocycles. The fraction of sp³-hybridized carbons (Fsp3) is 0.231. The highest BCUT2D eigenvalue weighted by atomic mass is 32.1. The average Bonchev–Trinajstić information content (AvgIpc) is 3.32. The minimum atomic E-state index is -0.751. The first-order chi connectivity index (χ1) is 15.5. The molecule has 0 radical (unpaired) electrons. The predicted octanol–water partition coefficient (Wildman–Crippen LogP) is 4.68. The van der Waals surface area contributed by atoms with Crippen LogP contribution in [0.1, 0.15) is 27.6 Å². The monoisotopic (exact) mass is 448 g/mol. The van der Waals surface area contributed by atoms with Crippen LogP contribution in [0.15, 0.2) is 78.7 Å². The summed E-state index contributed by atoms with van der Waals surface area (Å²) >= 11 is 1.53. The molecule has 0 spiro atoms. The van der Waals surface area contributed by atoms with Gasteiger partial charge in [0.15, 0.2) is 0 Å². The molecule has 0 aliphatic heterocycles. The van der Waals surface area contributed by atoms with Gasteiger partial charge in [0.25, 0.3) is 0 Å². The number of aryl methyl sites for hydroxylation is 1. The number of ether oxygens (including phenoxy) is 1. The molecular formula is C26H28N2O3S. The van der Waals surface area contributed by atoms with E-state index >= 15 is 0 Å². The average molecular weight is 449 g/mol. The van der Waals surface area contributed by atoms with Gasteiger partial charge in [-0.2, -0.15) is 0 Å². The van der Waals surface area contributed by atoms with Crippen LogP contribution >= 0.6 is 11.3 Å². The summed E-state index contributed by atoms with van der Waals surface area (Å²) in [6.45, 7) is 6.43. The lowest BCUT2D eigenvalue weighted by Crippen LogP contribution is -2.44. The number of carbonyl (C=O) groups excluding carboxylic acids is 2. The fourth-order valence-corrected chi connectivity index (χ4v) is 4.10. The third-order valence-electron chi connectivity index (χ3n) is 5.13. The van der Waals surface area contributed by atoms with Crippen LogP contribution in [0.3, 0.4) is 0 Å². The lowest BCUT2D eigenvalue weighted by Gasteiger charge is -2.30. The number of benzene rings is 2. The van der Waals surface area contributed by atoms with Gasteiger partial charge in [-0.15, -0.1) is 17.9 Å². The zero-order valence-corrected chi connectivity index (χ0v) is 19.2. The molecule has 2 amide bonds. The lowest BCUT2D eigenvalue weighted by atomic mass is 10.0. The zero-order valence-electron chi connectivity index (χ0n) is 18.4. The molecule has 1 atom stereocenters. The first kappa shape index (κ1) is 23.3. The second-order valence-corrected chi connectivity index (χ2v) is 8.50. The van der Waals surface area contributed by atoms with Crippen molar-refractivity contribution >= 4 is 23.2 Å². The molecule has 3 rings (SSSR count). The van der Waals surface area contributed by atoms with Crippen LogP contribution < -0.4 is 10.1 Å². The number of nitrogens with zero attached hydrogens (tertiary/aromatic N) is 1. The molecule has 2 aromatic carbocycles. The van der Waals surface area contributed by atoms with E-state index in [1.54, 1.807) is 18.1 Å². The molecule has 6 heteroatoms. The summed E-state index contributed by atoms with van der Waals surface area (Å²) in [4.78, 5) is 29.2. The molecule has 0 aliphatic carbocycles. The van der Waals surface area contributed by atoms with Crippen LogP contribution in [-0.4, -0.2) is 30.4 Å². The number of carbonyl (C=O) groups is 2. The minimum Gasteiger partial charge on any atom is -0.497 e. The molecule has 0 fully saturated rings. The molecule has 166 valence electrons. The second-order valence-electron chi connectivity index (χ2n) is 7.47. The van der Waals surface area contributed by atoms with E-state index in [9.17, 15) is 9.59 Å². The zero-order chi connectivity index (χ0) is 22.9. The number of thiophene rings is 1. The van der Waals surface area contributed by atoms with E-state index in [2.05, 4.69) is 11.9 Å². The number of rotatable bonds is 10. The van der Waals surface area contributed by atoms with E-state index in [4.69, 9.17) is 4.74 Å². The summed E-state index contributed by atoms with van der Waals surface area (Å²) in [5.74, 6) is 0.414. The van der Waals surface area contributed by atoms with E-state index in [1.165, 1.54) is 11.3 Å². The lowest BCUT2D eigenvalue weighted by molar-refractivity contribution is -0.139. The topological polar surface area (TPSA) is 58.6 Å². The van der Waals surface area contributed by atoms with Crippen molar-refractivity contribution in [3.8, 4) is 5.75 Å². The smallest absolute Gasteiger partial charge is 0.247 e. The van der Waals surface area contributed by atoms with Crippen LogP contribution in [0.2, 0.25) is 0 Å². The maximum absolute atomic E-state index is 13.4. The normalized spacial score (nSPS) is 11.4. The summed E-state index contributed by atoms with van der Waals surface area (Å²) in [5.41, 5.74) is 2.80. The third-order valence-corrected chi connectivity index (χ3v) is 6.01. The summed E-state index contributed by atoms with van der Waals surface area (Å²) in [7, 11) is 1.62. The van der Waals surface area contributed by atoms with Gasteiger partial charge >= 0.3 is 0 Å². The van der Waals surface area contributed by atoms with E-state index in [0.717, 1.165) is 27.3 Å². The maximum Gasteiger partial charge on any atom is 0.247 e. The molecular weight excluding hydrogens is 420 g/mol. The summed E-state index contributed by atoms with van der Waals surface area (Å²) < 4.78 is 5.19. The number of methoxy groups -OCH3 is 1. The third kappa shape index (κ3) is 6.08. The number of amides is 2. The largest absolute Gasteiger partial charge is 0.497 e. The van der Waals surface area contributed by atoms with E-state index in [-0.39, 0.29) is 24.8 Å². The van der Waals surface area contributed by atoms with Gasteiger partial charge in [-0.05, 0) is 41.6 Å². The second kappa shape index (κ2) is 11.3. The number of hydrogen-bond donors (Lipinski definition) is 1. The first-order valence-corrected chi connectivity index (χ1v) is 11.3. The van der Waals surface area contributed by atoms with Crippen molar-refractivity contribution in [3.63, 3.8) is 0 Å². The van der Waals surface area contributed by atoms with Gasteiger partial charge in [0.1, 0.15) is 11.8 Å². The van der Waals surface area contributed by atoms with Crippen LogP contribution in [0, 0.1) is 6.92 Å². The Labute approximate surface area is 193 Å². The molecule has 3 aromatic rings. The van der Waals surface area contributed by atoms with Crippen molar-refractivity contribution in [2.45, 2.75) is 25.9 Å². The SMILES string of the molecule is C=CCN(C(=O)Cc1cccs1)C(C(=O)NCc1ccc(OC)cc1)c1ccc(C)cc1. The summed E-state index contributed by atoms with van der Waals surface area (Å²) in [6.07, 6.45) is 1.91. The Morgan fingerprint density at radius 2 is 1.84 bits per heavy atom. The molecule has 32 heavy (non-hydrogen) atoms.